The van der Waals surface area contributed by atoms with E-state index in [1.54, 1.807) is 6.20 Å². The topological polar surface area (TPSA) is 37.0 Å². The molecule has 14 heavy (non-hydrogen) atoms. The van der Waals surface area contributed by atoms with Crippen molar-refractivity contribution in [1.29, 1.82) is 0 Å². The fourth-order valence-electron chi connectivity index (χ4n) is 1.86. The van der Waals surface area contributed by atoms with Crippen LogP contribution in [0, 0.1) is 0 Å². The highest BCUT2D eigenvalue weighted by atomic mass is 15.0. The summed E-state index contributed by atoms with van der Waals surface area (Å²) in [6.45, 7) is 2.22. The predicted octanol–water partition coefficient (Wildman–Crippen LogP) is 1.64. The van der Waals surface area contributed by atoms with E-state index in [1.165, 1.54) is 25.8 Å². The summed E-state index contributed by atoms with van der Waals surface area (Å²) in [6.07, 6.45) is 7.52. The Kier molecular flexibility index (Phi) is 3.35. The third-order valence-electron chi connectivity index (χ3n) is 2.65. The summed E-state index contributed by atoms with van der Waals surface area (Å²) >= 11 is 0. The molecule has 3 nitrogen and oxygen atoms in total. The van der Waals surface area contributed by atoms with Gasteiger partial charge in [0.2, 0.25) is 0 Å². The van der Waals surface area contributed by atoms with Crippen molar-refractivity contribution < 1.29 is 0 Å². The van der Waals surface area contributed by atoms with Crippen LogP contribution in [-0.2, 0) is 0 Å². The van der Waals surface area contributed by atoms with Gasteiger partial charge in [0.1, 0.15) is 0 Å². The molecule has 3 heteroatoms. The SMILES string of the molecule is c1cncc(NCCC2CCCN2)c1. The smallest absolute Gasteiger partial charge is 0.0526 e. The van der Waals surface area contributed by atoms with Crippen molar-refractivity contribution >= 4 is 5.69 Å². The first-order valence-electron chi connectivity index (χ1n) is 5.32. The van der Waals surface area contributed by atoms with E-state index in [0.717, 1.165) is 18.3 Å². The van der Waals surface area contributed by atoms with Crippen LogP contribution in [0.3, 0.4) is 0 Å². The number of aromatic nitrogens is 1. The predicted molar refractivity (Wildman–Crippen MR) is 58.4 cm³/mol. The Hall–Kier alpha value is -1.09. The van der Waals surface area contributed by atoms with E-state index in [4.69, 9.17) is 0 Å². The summed E-state index contributed by atoms with van der Waals surface area (Å²) in [7, 11) is 0. The molecule has 76 valence electrons. The van der Waals surface area contributed by atoms with Gasteiger partial charge in [-0.3, -0.25) is 4.98 Å². The van der Waals surface area contributed by atoms with Gasteiger partial charge in [0, 0.05) is 25.0 Å². The molecule has 2 rings (SSSR count). The lowest BCUT2D eigenvalue weighted by Gasteiger charge is -2.10. The maximum atomic E-state index is 4.06. The van der Waals surface area contributed by atoms with Gasteiger partial charge in [-0.2, -0.15) is 0 Å². The molecule has 0 amide bonds. The maximum Gasteiger partial charge on any atom is 0.0526 e. The minimum atomic E-state index is 0.721. The van der Waals surface area contributed by atoms with Gasteiger partial charge in [0.15, 0.2) is 0 Å². The zero-order valence-corrected chi connectivity index (χ0v) is 8.37. The van der Waals surface area contributed by atoms with E-state index in [-0.39, 0.29) is 0 Å². The van der Waals surface area contributed by atoms with E-state index in [1.807, 2.05) is 12.3 Å². The van der Waals surface area contributed by atoms with Crippen molar-refractivity contribution in [3.8, 4) is 0 Å². The first kappa shape index (κ1) is 9.46. The Labute approximate surface area is 84.9 Å². The van der Waals surface area contributed by atoms with Crippen molar-refractivity contribution in [1.82, 2.24) is 10.3 Å². The molecule has 1 unspecified atom stereocenters. The zero-order chi connectivity index (χ0) is 9.64. The molecule has 1 aliphatic heterocycles. The van der Waals surface area contributed by atoms with Gasteiger partial charge in [-0.15, -0.1) is 0 Å². The largest absolute Gasteiger partial charge is 0.384 e. The number of nitrogens with zero attached hydrogens (tertiary/aromatic N) is 1. The van der Waals surface area contributed by atoms with Gasteiger partial charge in [-0.25, -0.2) is 0 Å². The zero-order valence-electron chi connectivity index (χ0n) is 8.37. The second-order valence-corrected chi connectivity index (χ2v) is 3.75. The first-order valence-corrected chi connectivity index (χ1v) is 5.32. The van der Waals surface area contributed by atoms with Crippen molar-refractivity contribution in [2.24, 2.45) is 0 Å². The Morgan fingerprint density at radius 3 is 3.29 bits per heavy atom. The third kappa shape index (κ3) is 2.70. The number of rotatable bonds is 4. The molecule has 0 aliphatic carbocycles. The molecule has 0 radical (unpaired) electrons. The Morgan fingerprint density at radius 2 is 2.57 bits per heavy atom. The normalized spacial score (nSPS) is 21.0. The highest BCUT2D eigenvalue weighted by molar-refractivity contribution is 5.39. The fourth-order valence-corrected chi connectivity index (χ4v) is 1.86. The standard InChI is InChI=1S/C11H17N3/c1-4-11(9-12-6-1)14-8-5-10-3-2-7-13-10/h1,4,6,9-10,13-14H,2-3,5,7-8H2. The molecule has 2 heterocycles. The van der Waals surface area contributed by atoms with Gasteiger partial charge in [0.05, 0.1) is 5.69 Å². The van der Waals surface area contributed by atoms with E-state index < -0.39 is 0 Å². The van der Waals surface area contributed by atoms with Crippen LogP contribution in [0.1, 0.15) is 19.3 Å². The van der Waals surface area contributed by atoms with Crippen LogP contribution in [-0.4, -0.2) is 24.1 Å². The Morgan fingerprint density at radius 1 is 1.57 bits per heavy atom. The van der Waals surface area contributed by atoms with Crippen LogP contribution < -0.4 is 10.6 Å². The highest BCUT2D eigenvalue weighted by Gasteiger charge is 2.12. The number of hydrogen-bond donors (Lipinski definition) is 2. The minimum absolute atomic E-state index is 0.721. The molecule has 0 bridgehead atoms. The molecule has 1 fully saturated rings. The number of nitrogens with one attached hydrogen (secondary N) is 2. The van der Waals surface area contributed by atoms with Gasteiger partial charge in [0.25, 0.3) is 0 Å². The van der Waals surface area contributed by atoms with E-state index in [2.05, 4.69) is 21.7 Å². The lowest BCUT2D eigenvalue weighted by atomic mass is 10.1. The van der Waals surface area contributed by atoms with Gasteiger partial charge >= 0.3 is 0 Å². The molecule has 1 aromatic rings. The van der Waals surface area contributed by atoms with Crippen molar-refractivity contribution in [2.45, 2.75) is 25.3 Å². The minimum Gasteiger partial charge on any atom is -0.384 e. The molecule has 1 saturated heterocycles. The van der Waals surface area contributed by atoms with E-state index in [0.29, 0.717) is 0 Å². The molecule has 1 aromatic heterocycles. The van der Waals surface area contributed by atoms with Crippen LogP contribution >= 0.6 is 0 Å². The summed E-state index contributed by atoms with van der Waals surface area (Å²) < 4.78 is 0. The molecule has 1 aliphatic rings. The molecule has 0 aromatic carbocycles. The summed E-state index contributed by atoms with van der Waals surface area (Å²) in [6, 6.07) is 4.73. The summed E-state index contributed by atoms with van der Waals surface area (Å²) in [5.74, 6) is 0. The van der Waals surface area contributed by atoms with Crippen molar-refractivity contribution in [2.75, 3.05) is 18.4 Å². The average molecular weight is 191 g/mol. The highest BCUT2D eigenvalue weighted by Crippen LogP contribution is 2.09. The molecule has 1 atom stereocenters. The van der Waals surface area contributed by atoms with E-state index >= 15 is 0 Å². The molecule has 0 saturated carbocycles. The third-order valence-corrected chi connectivity index (χ3v) is 2.65. The first-order chi connectivity index (χ1) is 6.95. The quantitative estimate of drug-likeness (QED) is 0.759. The van der Waals surface area contributed by atoms with Gasteiger partial charge < -0.3 is 10.6 Å². The van der Waals surface area contributed by atoms with Crippen LogP contribution in [0.5, 0.6) is 0 Å². The maximum absolute atomic E-state index is 4.06. The summed E-state index contributed by atoms with van der Waals surface area (Å²) in [4.78, 5) is 4.06. The second kappa shape index (κ2) is 4.96. The lowest BCUT2D eigenvalue weighted by Crippen LogP contribution is -2.24. The Bertz CT molecular complexity index is 254. The average Bonchev–Trinajstić information content (AvgIpc) is 2.72. The number of pyridine rings is 1. The second-order valence-electron chi connectivity index (χ2n) is 3.75. The number of anilines is 1. The summed E-state index contributed by atoms with van der Waals surface area (Å²) in [5.41, 5.74) is 1.12. The van der Waals surface area contributed by atoms with Crippen molar-refractivity contribution in [3.63, 3.8) is 0 Å². The molecular formula is C11H17N3. The molecular weight excluding hydrogens is 174 g/mol. The van der Waals surface area contributed by atoms with Gasteiger partial charge in [-0.1, -0.05) is 0 Å². The van der Waals surface area contributed by atoms with Crippen molar-refractivity contribution in [3.05, 3.63) is 24.5 Å². The molecule has 2 N–H and O–H groups in total. The van der Waals surface area contributed by atoms with Crippen LogP contribution in [0.4, 0.5) is 5.69 Å². The van der Waals surface area contributed by atoms with E-state index in [9.17, 15) is 0 Å². The van der Waals surface area contributed by atoms with Crippen LogP contribution in [0.25, 0.3) is 0 Å². The fraction of sp³-hybridized carbons (Fsp3) is 0.545. The van der Waals surface area contributed by atoms with Crippen LogP contribution in [0.2, 0.25) is 0 Å². The monoisotopic (exact) mass is 191 g/mol. The molecule has 0 spiro atoms. The Balaban J connectivity index is 1.67. The van der Waals surface area contributed by atoms with Gasteiger partial charge in [-0.05, 0) is 37.9 Å². The lowest BCUT2D eigenvalue weighted by molar-refractivity contribution is 0.574. The summed E-state index contributed by atoms with van der Waals surface area (Å²) in [5, 5.41) is 6.86. The van der Waals surface area contributed by atoms with Crippen LogP contribution in [0.15, 0.2) is 24.5 Å². The number of hydrogen-bond acceptors (Lipinski definition) is 3.